The maximum Gasteiger partial charge on any atom is 0.200 e. The topological polar surface area (TPSA) is 9.23 Å². The van der Waals surface area contributed by atoms with Crippen LogP contribution >= 0.6 is 39.1 Å². The van der Waals surface area contributed by atoms with E-state index >= 15 is 0 Å². The van der Waals surface area contributed by atoms with Gasteiger partial charge in [0.2, 0.25) is 3.24 Å². The first-order valence-electron chi connectivity index (χ1n) is 5.84. The molecule has 0 unspecified atom stereocenters. The van der Waals surface area contributed by atoms with Crippen molar-refractivity contribution in [3.63, 3.8) is 0 Å². The first kappa shape index (κ1) is 15.1. The van der Waals surface area contributed by atoms with E-state index in [0.29, 0.717) is 6.61 Å². The van der Waals surface area contributed by atoms with Gasteiger partial charge >= 0.3 is 0 Å². The molecule has 0 aliphatic rings. The van der Waals surface area contributed by atoms with Crippen LogP contribution in [-0.2, 0) is 3.24 Å². The molecule has 0 radical (unpaired) electrons. The van der Waals surface area contributed by atoms with E-state index < -0.39 is 3.24 Å². The van der Waals surface area contributed by atoms with Gasteiger partial charge in [0.1, 0.15) is 5.75 Å². The molecule has 0 saturated heterocycles. The van der Waals surface area contributed by atoms with Crippen molar-refractivity contribution in [2.24, 2.45) is 0 Å². The lowest BCUT2D eigenvalue weighted by molar-refractivity contribution is 0.302. The minimum atomic E-state index is -1.09. The lowest BCUT2D eigenvalue weighted by Crippen LogP contribution is -2.05. The van der Waals surface area contributed by atoms with Crippen molar-refractivity contribution in [2.45, 2.75) is 35.8 Å². The molecule has 0 saturated carbocycles. The molecule has 1 aromatic rings. The van der Waals surface area contributed by atoms with Crippen LogP contribution in [0.1, 0.15) is 38.2 Å². The molecule has 96 valence electrons. The fourth-order valence-corrected chi connectivity index (χ4v) is 2.18. The summed E-state index contributed by atoms with van der Waals surface area (Å²) in [6, 6.07) is 7.55. The third-order valence-electron chi connectivity index (χ3n) is 2.45. The highest BCUT2D eigenvalue weighted by molar-refractivity contribution is 9.10. The van der Waals surface area contributed by atoms with Gasteiger partial charge in [-0.3, -0.25) is 0 Å². The Morgan fingerprint density at radius 1 is 1.18 bits per heavy atom. The van der Waals surface area contributed by atoms with E-state index in [9.17, 15) is 0 Å². The van der Waals surface area contributed by atoms with Gasteiger partial charge in [0.25, 0.3) is 0 Å². The first-order chi connectivity index (χ1) is 8.05. The first-order valence-corrected chi connectivity index (χ1v) is 7.39. The number of hydrogen-bond donors (Lipinski definition) is 0. The summed E-state index contributed by atoms with van der Waals surface area (Å²) >= 11 is 15.3. The van der Waals surface area contributed by atoms with Gasteiger partial charge in [-0.25, -0.2) is 0 Å². The maximum atomic E-state index is 6.03. The molecule has 0 heterocycles. The molecular formula is C13H17BrCl2O. The van der Waals surface area contributed by atoms with E-state index in [2.05, 4.69) is 22.9 Å². The lowest BCUT2D eigenvalue weighted by atomic mass is 10.2. The van der Waals surface area contributed by atoms with Gasteiger partial charge in [-0.05, 0) is 28.4 Å². The smallest absolute Gasteiger partial charge is 0.200 e. The molecule has 0 bridgehead atoms. The molecule has 1 nitrogen and oxygen atoms in total. The average molecular weight is 340 g/mol. The number of rotatable bonds is 7. The van der Waals surface area contributed by atoms with E-state index in [4.69, 9.17) is 27.9 Å². The fraction of sp³-hybridized carbons (Fsp3) is 0.538. The van der Waals surface area contributed by atoms with Crippen molar-refractivity contribution in [1.29, 1.82) is 0 Å². The van der Waals surface area contributed by atoms with E-state index in [0.717, 1.165) is 17.7 Å². The summed E-state index contributed by atoms with van der Waals surface area (Å²) < 4.78 is 4.62. The molecule has 0 aliphatic carbocycles. The maximum absolute atomic E-state index is 6.03. The fourth-order valence-electron chi connectivity index (χ4n) is 1.54. The summed E-state index contributed by atoms with van der Waals surface area (Å²) in [5, 5.41) is 0. The van der Waals surface area contributed by atoms with E-state index in [-0.39, 0.29) is 0 Å². The van der Waals surface area contributed by atoms with Crippen LogP contribution in [0.2, 0.25) is 0 Å². The zero-order chi connectivity index (χ0) is 12.7. The Morgan fingerprint density at radius 3 is 2.53 bits per heavy atom. The molecule has 0 amide bonds. The second-order valence-electron chi connectivity index (χ2n) is 3.90. The zero-order valence-electron chi connectivity index (χ0n) is 9.89. The summed E-state index contributed by atoms with van der Waals surface area (Å²) in [5.41, 5.74) is 0.749. The standard InChI is InChI=1S/C13H17BrCl2O/c1-2-3-4-7-10-17-12-9-6-5-8-11(12)13(14,15)16/h5-6,8-9H,2-4,7,10H2,1H3. The Bertz CT molecular complexity index is 336. The van der Waals surface area contributed by atoms with Crippen LogP contribution < -0.4 is 4.74 Å². The number of alkyl halides is 3. The predicted octanol–water partition coefficient (Wildman–Crippen LogP) is 5.63. The van der Waals surface area contributed by atoms with Gasteiger partial charge in [0, 0.05) is 5.56 Å². The van der Waals surface area contributed by atoms with Crippen LogP contribution in [0.15, 0.2) is 24.3 Å². The number of benzene rings is 1. The molecule has 0 atom stereocenters. The molecule has 1 rings (SSSR count). The van der Waals surface area contributed by atoms with Gasteiger partial charge in [0.05, 0.1) is 6.61 Å². The van der Waals surface area contributed by atoms with Gasteiger partial charge in [0.15, 0.2) is 0 Å². The normalized spacial score (nSPS) is 11.5. The Labute approximate surface area is 122 Å². The minimum Gasteiger partial charge on any atom is -0.493 e. The molecule has 0 N–H and O–H groups in total. The molecule has 0 aliphatic heterocycles. The van der Waals surface area contributed by atoms with Crippen molar-refractivity contribution in [3.8, 4) is 5.75 Å². The molecule has 17 heavy (non-hydrogen) atoms. The molecule has 4 heteroatoms. The quantitative estimate of drug-likeness (QED) is 0.462. The summed E-state index contributed by atoms with van der Waals surface area (Å²) in [7, 11) is 0. The van der Waals surface area contributed by atoms with Gasteiger partial charge in [-0.2, -0.15) is 0 Å². The number of ether oxygens (including phenoxy) is 1. The van der Waals surface area contributed by atoms with Gasteiger partial charge < -0.3 is 4.74 Å². The van der Waals surface area contributed by atoms with Crippen molar-refractivity contribution in [1.82, 2.24) is 0 Å². The number of halogens is 3. The van der Waals surface area contributed by atoms with Crippen LogP contribution in [0.4, 0.5) is 0 Å². The monoisotopic (exact) mass is 338 g/mol. The third-order valence-corrected chi connectivity index (χ3v) is 3.28. The van der Waals surface area contributed by atoms with Crippen molar-refractivity contribution >= 4 is 39.1 Å². The summed E-state index contributed by atoms with van der Waals surface area (Å²) in [6.45, 7) is 2.89. The Kier molecular flexibility index (Phi) is 6.68. The minimum absolute atomic E-state index is 0.702. The van der Waals surface area contributed by atoms with Crippen molar-refractivity contribution in [2.75, 3.05) is 6.61 Å². The largest absolute Gasteiger partial charge is 0.493 e. The molecule has 0 aromatic heterocycles. The molecule has 0 fully saturated rings. The predicted molar refractivity (Wildman–Crippen MR) is 78.4 cm³/mol. The number of hydrogen-bond acceptors (Lipinski definition) is 1. The highest BCUT2D eigenvalue weighted by Gasteiger charge is 2.25. The van der Waals surface area contributed by atoms with Crippen LogP contribution in [-0.4, -0.2) is 6.61 Å². The second kappa shape index (κ2) is 7.50. The number of unbranched alkanes of at least 4 members (excludes halogenated alkanes) is 3. The van der Waals surface area contributed by atoms with Crippen molar-refractivity contribution in [3.05, 3.63) is 29.8 Å². The van der Waals surface area contributed by atoms with Crippen molar-refractivity contribution < 1.29 is 4.74 Å². The lowest BCUT2D eigenvalue weighted by Gasteiger charge is -2.17. The third kappa shape index (κ3) is 5.50. The molecule has 1 aromatic carbocycles. The Balaban J connectivity index is 2.53. The summed E-state index contributed by atoms with van der Waals surface area (Å²) in [5.74, 6) is 0.742. The average Bonchev–Trinajstić information content (AvgIpc) is 2.28. The highest BCUT2D eigenvalue weighted by Crippen LogP contribution is 2.44. The van der Waals surface area contributed by atoms with Crippen LogP contribution in [0.5, 0.6) is 5.75 Å². The van der Waals surface area contributed by atoms with Crippen LogP contribution in [0.25, 0.3) is 0 Å². The summed E-state index contributed by atoms with van der Waals surface area (Å²) in [6.07, 6.45) is 4.73. The van der Waals surface area contributed by atoms with Gasteiger partial charge in [-0.15, -0.1) is 0 Å². The van der Waals surface area contributed by atoms with E-state index in [1.807, 2.05) is 24.3 Å². The summed E-state index contributed by atoms with van der Waals surface area (Å²) in [4.78, 5) is 0. The van der Waals surface area contributed by atoms with Crippen LogP contribution in [0, 0.1) is 0 Å². The number of para-hydroxylation sites is 1. The van der Waals surface area contributed by atoms with Gasteiger partial charge in [-0.1, -0.05) is 67.6 Å². The SMILES string of the molecule is CCCCCCOc1ccccc1C(Cl)(Cl)Br. The molecular weight excluding hydrogens is 323 g/mol. The zero-order valence-corrected chi connectivity index (χ0v) is 13.0. The van der Waals surface area contributed by atoms with E-state index in [1.165, 1.54) is 19.3 Å². The Morgan fingerprint density at radius 2 is 1.88 bits per heavy atom. The highest BCUT2D eigenvalue weighted by atomic mass is 79.9. The van der Waals surface area contributed by atoms with Crippen LogP contribution in [0.3, 0.4) is 0 Å². The van der Waals surface area contributed by atoms with E-state index in [1.54, 1.807) is 0 Å². The Hall–Kier alpha value is 0.0800. The molecule has 0 spiro atoms. The second-order valence-corrected chi connectivity index (χ2v) is 7.33.